The van der Waals surface area contributed by atoms with Crippen molar-refractivity contribution in [3.8, 4) is 0 Å². The van der Waals surface area contributed by atoms with E-state index in [-0.39, 0.29) is 11.3 Å². The molecule has 7 nitrogen and oxygen atoms in total. The molecule has 2 aromatic rings. The van der Waals surface area contributed by atoms with Gasteiger partial charge in [-0.1, -0.05) is 24.8 Å². The molecule has 2 aromatic heterocycles. The fourth-order valence-electron chi connectivity index (χ4n) is 3.03. The van der Waals surface area contributed by atoms with E-state index in [2.05, 4.69) is 22.2 Å². The molecule has 0 spiro atoms. The molecule has 2 heterocycles. The lowest BCUT2D eigenvalue weighted by atomic mass is 10.2. The number of amides is 3. The van der Waals surface area contributed by atoms with Crippen LogP contribution in [0, 0.1) is 0 Å². The molecule has 1 aliphatic carbocycles. The Balaban J connectivity index is 1.80. The van der Waals surface area contributed by atoms with Crippen LogP contribution in [0.5, 0.6) is 0 Å². The third-order valence-electron chi connectivity index (χ3n) is 4.22. The first kappa shape index (κ1) is 19.6. The van der Waals surface area contributed by atoms with Crippen LogP contribution in [0.15, 0.2) is 22.6 Å². The summed E-state index contributed by atoms with van der Waals surface area (Å²) in [5.41, 5.74) is 1.05. The largest absolute Gasteiger partial charge is 0.338 e. The van der Waals surface area contributed by atoms with Crippen LogP contribution in [-0.4, -0.2) is 33.8 Å². The summed E-state index contributed by atoms with van der Waals surface area (Å²) < 4.78 is 1.55. The highest BCUT2D eigenvalue weighted by Crippen LogP contribution is 2.35. The van der Waals surface area contributed by atoms with Crippen molar-refractivity contribution in [3.63, 3.8) is 0 Å². The van der Waals surface area contributed by atoms with Crippen LogP contribution >= 0.6 is 23.1 Å². The Morgan fingerprint density at radius 3 is 2.96 bits per heavy atom. The number of rotatable bonds is 7. The second-order valence-electron chi connectivity index (χ2n) is 6.23. The maximum atomic E-state index is 13.0. The fraction of sp³-hybridized carbons (Fsp3) is 0.444. The van der Waals surface area contributed by atoms with E-state index in [4.69, 9.17) is 0 Å². The van der Waals surface area contributed by atoms with Crippen molar-refractivity contribution in [1.82, 2.24) is 20.2 Å². The lowest BCUT2D eigenvalue weighted by Crippen LogP contribution is -2.40. The summed E-state index contributed by atoms with van der Waals surface area (Å²) in [6.45, 7) is 6.48. The second kappa shape index (κ2) is 8.71. The summed E-state index contributed by atoms with van der Waals surface area (Å²) >= 11 is 2.72. The number of fused-ring (bicyclic) bond motifs is 3. The molecule has 0 saturated heterocycles. The van der Waals surface area contributed by atoms with Crippen LogP contribution in [0.25, 0.3) is 10.2 Å². The van der Waals surface area contributed by atoms with Crippen LogP contribution in [0.1, 0.15) is 30.2 Å². The number of hydrogen-bond acceptors (Lipinski definition) is 6. The Bertz CT molecular complexity index is 948. The number of imide groups is 1. The highest BCUT2D eigenvalue weighted by Gasteiger charge is 2.23. The van der Waals surface area contributed by atoms with Gasteiger partial charge in [-0.2, -0.15) is 0 Å². The Hall–Kier alpha value is -2.13. The van der Waals surface area contributed by atoms with Crippen LogP contribution < -0.4 is 16.2 Å². The molecule has 0 bridgehead atoms. The molecule has 0 aliphatic heterocycles. The minimum Gasteiger partial charge on any atom is -0.338 e. The van der Waals surface area contributed by atoms with Crippen molar-refractivity contribution < 1.29 is 9.59 Å². The molecule has 3 rings (SSSR count). The molecule has 0 radical (unpaired) electrons. The molecule has 3 amide bonds. The number of carbonyl (C=O) groups excluding carboxylic acids is 2. The Morgan fingerprint density at radius 2 is 2.22 bits per heavy atom. The molecule has 0 atom stereocenters. The molecule has 2 N–H and O–H groups in total. The van der Waals surface area contributed by atoms with Gasteiger partial charge in [-0.15, -0.1) is 17.9 Å². The molecule has 0 aromatic carbocycles. The molecule has 0 fully saturated rings. The zero-order valence-electron chi connectivity index (χ0n) is 15.2. The van der Waals surface area contributed by atoms with Gasteiger partial charge in [0.2, 0.25) is 5.91 Å². The van der Waals surface area contributed by atoms with Crippen molar-refractivity contribution >= 4 is 45.3 Å². The molecular formula is C18H22N4O3S2. The molecule has 1 aliphatic rings. The van der Waals surface area contributed by atoms with Crippen LogP contribution in [0.4, 0.5) is 4.79 Å². The summed E-state index contributed by atoms with van der Waals surface area (Å²) in [6.07, 6.45) is 5.43. The molecule has 9 heteroatoms. The van der Waals surface area contributed by atoms with E-state index in [1.165, 1.54) is 4.88 Å². The summed E-state index contributed by atoms with van der Waals surface area (Å²) in [7, 11) is 0. The van der Waals surface area contributed by atoms with Crippen LogP contribution in [-0.2, 0) is 24.2 Å². The third kappa shape index (κ3) is 4.24. The van der Waals surface area contributed by atoms with E-state index in [9.17, 15) is 14.4 Å². The number of urea groups is 1. The predicted molar refractivity (Wildman–Crippen MR) is 109 cm³/mol. The van der Waals surface area contributed by atoms with E-state index in [1.54, 1.807) is 22.0 Å². The van der Waals surface area contributed by atoms with Crippen molar-refractivity contribution in [2.45, 2.75) is 44.3 Å². The van der Waals surface area contributed by atoms with Gasteiger partial charge < -0.3 is 5.32 Å². The van der Waals surface area contributed by atoms with E-state index in [0.29, 0.717) is 23.6 Å². The van der Waals surface area contributed by atoms with E-state index >= 15 is 0 Å². The monoisotopic (exact) mass is 406 g/mol. The fourth-order valence-corrected chi connectivity index (χ4v) is 5.15. The van der Waals surface area contributed by atoms with Crippen LogP contribution in [0.3, 0.4) is 0 Å². The van der Waals surface area contributed by atoms with E-state index in [1.807, 2.05) is 6.92 Å². The van der Waals surface area contributed by atoms with E-state index in [0.717, 1.165) is 47.8 Å². The lowest BCUT2D eigenvalue weighted by Gasteiger charge is -2.10. The number of hydrogen-bond donors (Lipinski definition) is 2. The standard InChI is InChI=1S/C18H22N4O3S2/c1-3-8-19-17(25)20-13(23)10-26-18-21-15-14(16(24)22(18)9-4-2)11-6-5-7-12(11)27-15/h4H,2-3,5-10H2,1H3,(H2,19,20,23,25). The number of nitrogens with zero attached hydrogens (tertiary/aromatic N) is 2. The zero-order chi connectivity index (χ0) is 19.4. The van der Waals surface area contributed by atoms with Crippen molar-refractivity contribution in [3.05, 3.63) is 33.4 Å². The Kier molecular flexibility index (Phi) is 6.33. The number of carbonyl (C=O) groups is 2. The topological polar surface area (TPSA) is 93.1 Å². The third-order valence-corrected chi connectivity index (χ3v) is 6.38. The van der Waals surface area contributed by atoms with Crippen molar-refractivity contribution in [2.24, 2.45) is 0 Å². The zero-order valence-corrected chi connectivity index (χ0v) is 16.8. The number of thiophene rings is 1. The highest BCUT2D eigenvalue weighted by atomic mass is 32.2. The van der Waals surface area contributed by atoms with Crippen molar-refractivity contribution in [2.75, 3.05) is 12.3 Å². The van der Waals surface area contributed by atoms with E-state index < -0.39 is 11.9 Å². The number of thioether (sulfide) groups is 1. The lowest BCUT2D eigenvalue weighted by molar-refractivity contribution is -0.117. The van der Waals surface area contributed by atoms with Gasteiger partial charge in [0.25, 0.3) is 5.56 Å². The summed E-state index contributed by atoms with van der Waals surface area (Å²) in [4.78, 5) is 43.2. The Labute approximate surface area is 165 Å². The molecule has 144 valence electrons. The molecule has 0 unspecified atom stereocenters. The van der Waals surface area contributed by atoms with Crippen molar-refractivity contribution in [1.29, 1.82) is 0 Å². The first-order chi connectivity index (χ1) is 13.0. The Morgan fingerprint density at radius 1 is 1.41 bits per heavy atom. The first-order valence-electron chi connectivity index (χ1n) is 8.91. The minimum absolute atomic E-state index is 0.000274. The maximum absolute atomic E-state index is 13.0. The molecule has 27 heavy (non-hydrogen) atoms. The van der Waals surface area contributed by atoms with Gasteiger partial charge in [-0.3, -0.25) is 19.5 Å². The normalized spacial score (nSPS) is 12.8. The SMILES string of the molecule is C=CCn1c(SCC(=O)NC(=O)NCCC)nc2sc3c(c2c1=O)CCC3. The quantitative estimate of drug-likeness (QED) is 0.419. The van der Waals surface area contributed by atoms with Gasteiger partial charge in [0.15, 0.2) is 5.16 Å². The summed E-state index contributed by atoms with van der Waals surface area (Å²) in [6, 6.07) is -0.510. The molecule has 0 saturated carbocycles. The molecular weight excluding hydrogens is 384 g/mol. The van der Waals surface area contributed by atoms with Crippen LogP contribution in [0.2, 0.25) is 0 Å². The number of aryl methyl sites for hydroxylation is 2. The highest BCUT2D eigenvalue weighted by molar-refractivity contribution is 7.99. The average Bonchev–Trinajstić information content (AvgIpc) is 3.21. The van der Waals surface area contributed by atoms with Gasteiger partial charge >= 0.3 is 6.03 Å². The second-order valence-corrected chi connectivity index (χ2v) is 8.26. The van der Waals surface area contributed by atoms with Gasteiger partial charge in [0.1, 0.15) is 4.83 Å². The number of allylic oxidation sites excluding steroid dienone is 1. The smallest absolute Gasteiger partial charge is 0.321 e. The maximum Gasteiger partial charge on any atom is 0.321 e. The van der Waals surface area contributed by atoms with Gasteiger partial charge in [-0.05, 0) is 31.2 Å². The number of aromatic nitrogens is 2. The summed E-state index contributed by atoms with van der Waals surface area (Å²) in [5, 5.41) is 6.04. The number of nitrogens with one attached hydrogen (secondary N) is 2. The van der Waals surface area contributed by atoms with Gasteiger partial charge in [0, 0.05) is 18.0 Å². The summed E-state index contributed by atoms with van der Waals surface area (Å²) in [5.74, 6) is -0.429. The van der Waals surface area contributed by atoms with Gasteiger partial charge in [0.05, 0.1) is 11.1 Å². The van der Waals surface area contributed by atoms with Gasteiger partial charge in [-0.25, -0.2) is 9.78 Å². The average molecular weight is 407 g/mol. The minimum atomic E-state index is -0.510. The first-order valence-corrected chi connectivity index (χ1v) is 10.7. The predicted octanol–water partition coefficient (Wildman–Crippen LogP) is 2.46.